The van der Waals surface area contributed by atoms with Gasteiger partial charge in [-0.3, -0.25) is 29.4 Å². The van der Waals surface area contributed by atoms with Crippen molar-refractivity contribution < 1.29 is 24.0 Å². The lowest BCUT2D eigenvalue weighted by molar-refractivity contribution is -0.385. The second-order valence-electron chi connectivity index (χ2n) is 6.58. The van der Waals surface area contributed by atoms with Gasteiger partial charge in [0.05, 0.1) is 16.4 Å². The molecule has 1 aliphatic rings. The normalized spacial score (nSPS) is 14.8. The molecule has 31 heavy (non-hydrogen) atoms. The number of ether oxygens (including phenoxy) is 1. The maximum Gasteiger partial charge on any atom is 0.294 e. The molecule has 10 heteroatoms. The Kier molecular flexibility index (Phi) is 6.71. The third-order valence-corrected chi connectivity index (χ3v) is 5.26. The molecule has 0 aromatic heterocycles. The van der Waals surface area contributed by atoms with E-state index < -0.39 is 28.5 Å². The van der Waals surface area contributed by atoms with Gasteiger partial charge in [0.25, 0.3) is 16.8 Å². The Morgan fingerprint density at radius 1 is 1.23 bits per heavy atom. The first-order valence-electron chi connectivity index (χ1n) is 9.31. The summed E-state index contributed by atoms with van der Waals surface area (Å²) in [7, 11) is 0. The van der Waals surface area contributed by atoms with E-state index in [1.807, 2.05) is 6.92 Å². The lowest BCUT2D eigenvalue weighted by Gasteiger charge is -2.12. The van der Waals surface area contributed by atoms with E-state index in [9.17, 15) is 24.5 Å². The van der Waals surface area contributed by atoms with Gasteiger partial charge >= 0.3 is 0 Å². The Labute approximate surface area is 182 Å². The van der Waals surface area contributed by atoms with Crippen LogP contribution in [0.2, 0.25) is 0 Å². The number of hydrogen-bond donors (Lipinski definition) is 1. The van der Waals surface area contributed by atoms with Crippen molar-refractivity contribution in [3.63, 3.8) is 0 Å². The molecular weight excluding hydrogens is 422 g/mol. The van der Waals surface area contributed by atoms with Gasteiger partial charge in [-0.2, -0.15) is 0 Å². The van der Waals surface area contributed by atoms with Gasteiger partial charge in [-0.25, -0.2) is 0 Å². The lowest BCUT2D eigenvalue weighted by Crippen LogP contribution is -2.36. The van der Waals surface area contributed by atoms with Crippen molar-refractivity contribution in [1.82, 2.24) is 4.90 Å². The highest BCUT2D eigenvalue weighted by molar-refractivity contribution is 8.18. The summed E-state index contributed by atoms with van der Waals surface area (Å²) in [5, 5.41) is 13.1. The molecule has 3 amide bonds. The first-order chi connectivity index (χ1) is 14.8. The quantitative estimate of drug-likeness (QED) is 0.392. The number of nitrogens with zero attached hydrogens (tertiary/aromatic N) is 2. The average Bonchev–Trinajstić information content (AvgIpc) is 2.98. The summed E-state index contributed by atoms with van der Waals surface area (Å²) in [5.74, 6) is -0.494. The van der Waals surface area contributed by atoms with Crippen LogP contribution in [-0.2, 0) is 9.59 Å². The first-order valence-corrected chi connectivity index (χ1v) is 10.1. The van der Waals surface area contributed by atoms with E-state index in [2.05, 4.69) is 5.32 Å². The molecule has 1 saturated heterocycles. The van der Waals surface area contributed by atoms with Crippen molar-refractivity contribution in [3.8, 4) is 5.75 Å². The van der Waals surface area contributed by atoms with Gasteiger partial charge in [0.2, 0.25) is 5.91 Å². The number of carbonyl (C=O) groups is 3. The molecule has 0 radical (unpaired) electrons. The van der Waals surface area contributed by atoms with Crippen molar-refractivity contribution in [2.24, 2.45) is 0 Å². The van der Waals surface area contributed by atoms with Crippen LogP contribution in [0.4, 0.5) is 16.2 Å². The van der Waals surface area contributed by atoms with Crippen LogP contribution in [0.1, 0.15) is 18.1 Å². The van der Waals surface area contributed by atoms with Gasteiger partial charge < -0.3 is 10.1 Å². The van der Waals surface area contributed by atoms with Crippen LogP contribution >= 0.6 is 11.8 Å². The number of thioether (sulfide) groups is 1. The van der Waals surface area contributed by atoms with Crippen LogP contribution in [0, 0.1) is 17.0 Å². The number of rotatable bonds is 7. The van der Waals surface area contributed by atoms with Gasteiger partial charge in [-0.05, 0) is 61.5 Å². The zero-order chi connectivity index (χ0) is 22.5. The van der Waals surface area contributed by atoms with Crippen molar-refractivity contribution >= 4 is 46.3 Å². The number of hydrogen-bond acceptors (Lipinski definition) is 7. The molecule has 0 saturated carbocycles. The molecule has 0 aliphatic carbocycles. The van der Waals surface area contributed by atoms with Crippen LogP contribution in [0.25, 0.3) is 6.08 Å². The highest BCUT2D eigenvalue weighted by Crippen LogP contribution is 2.33. The number of amides is 3. The second kappa shape index (κ2) is 9.43. The minimum absolute atomic E-state index is 0.0808. The molecule has 1 N–H and O–H groups in total. The Balaban J connectivity index is 1.68. The van der Waals surface area contributed by atoms with Gasteiger partial charge in [0, 0.05) is 17.3 Å². The van der Waals surface area contributed by atoms with E-state index in [1.54, 1.807) is 43.3 Å². The number of carbonyl (C=O) groups excluding carboxylic acids is 3. The van der Waals surface area contributed by atoms with Gasteiger partial charge in [0.15, 0.2) is 0 Å². The van der Waals surface area contributed by atoms with E-state index >= 15 is 0 Å². The molecule has 160 valence electrons. The van der Waals surface area contributed by atoms with Gasteiger partial charge in [-0.15, -0.1) is 0 Å². The van der Waals surface area contributed by atoms with E-state index in [4.69, 9.17) is 4.74 Å². The van der Waals surface area contributed by atoms with Gasteiger partial charge in [0.1, 0.15) is 12.3 Å². The molecular formula is C21H19N3O6S. The standard InChI is InChI=1S/C21H19N3O6S/c1-3-30-16-8-6-15(7-9-16)22-19(25)12-23-20(26)18(31-21(23)27)11-14-5-4-13(2)17(10-14)24(28)29/h4-11H,3,12H2,1-2H3,(H,22,25)/b18-11+. The molecule has 2 aromatic rings. The van der Waals surface area contributed by atoms with E-state index in [-0.39, 0.29) is 10.6 Å². The summed E-state index contributed by atoms with van der Waals surface area (Å²) >= 11 is 0.683. The molecule has 3 rings (SSSR count). The molecule has 2 aromatic carbocycles. The summed E-state index contributed by atoms with van der Waals surface area (Å²) < 4.78 is 5.33. The predicted octanol–water partition coefficient (Wildman–Crippen LogP) is 3.98. The first kappa shape index (κ1) is 22.0. The highest BCUT2D eigenvalue weighted by Gasteiger charge is 2.36. The SMILES string of the molecule is CCOc1ccc(NC(=O)CN2C(=O)S/C(=C/c3ccc(C)c([N+](=O)[O-])c3)C2=O)cc1. The van der Waals surface area contributed by atoms with Crippen molar-refractivity contribution in [1.29, 1.82) is 0 Å². The zero-order valence-electron chi connectivity index (χ0n) is 16.8. The Hall–Kier alpha value is -3.66. The van der Waals surface area contributed by atoms with E-state index in [0.717, 1.165) is 4.90 Å². The van der Waals surface area contributed by atoms with E-state index in [0.29, 0.717) is 40.9 Å². The second-order valence-corrected chi connectivity index (χ2v) is 7.57. The smallest absolute Gasteiger partial charge is 0.294 e. The maximum absolute atomic E-state index is 12.6. The fourth-order valence-electron chi connectivity index (χ4n) is 2.85. The van der Waals surface area contributed by atoms with Crippen LogP contribution < -0.4 is 10.1 Å². The van der Waals surface area contributed by atoms with Crippen molar-refractivity contribution in [2.75, 3.05) is 18.5 Å². The number of benzene rings is 2. The molecule has 1 heterocycles. The third kappa shape index (κ3) is 5.28. The summed E-state index contributed by atoms with van der Waals surface area (Å²) in [6.07, 6.45) is 1.40. The third-order valence-electron chi connectivity index (χ3n) is 4.35. The van der Waals surface area contributed by atoms with Crippen molar-refractivity contribution in [2.45, 2.75) is 13.8 Å². The molecule has 0 spiro atoms. The van der Waals surface area contributed by atoms with Crippen LogP contribution in [-0.4, -0.2) is 40.0 Å². The number of imide groups is 1. The van der Waals surface area contributed by atoms with E-state index in [1.165, 1.54) is 12.1 Å². The maximum atomic E-state index is 12.6. The summed E-state index contributed by atoms with van der Waals surface area (Å²) in [6, 6.07) is 11.2. The summed E-state index contributed by atoms with van der Waals surface area (Å²) in [6.45, 7) is 3.55. The van der Waals surface area contributed by atoms with Crippen LogP contribution in [0.5, 0.6) is 5.75 Å². The zero-order valence-corrected chi connectivity index (χ0v) is 17.6. The molecule has 0 unspecified atom stereocenters. The molecule has 0 bridgehead atoms. The number of anilines is 1. The Bertz CT molecular complexity index is 1080. The molecule has 9 nitrogen and oxygen atoms in total. The predicted molar refractivity (Wildman–Crippen MR) is 117 cm³/mol. The number of nitro benzene ring substituents is 1. The van der Waals surface area contributed by atoms with Gasteiger partial charge in [-0.1, -0.05) is 12.1 Å². The molecule has 0 atom stereocenters. The fraction of sp³-hybridized carbons (Fsp3) is 0.190. The van der Waals surface area contributed by atoms with Crippen LogP contribution in [0.3, 0.4) is 0 Å². The minimum Gasteiger partial charge on any atom is -0.494 e. The van der Waals surface area contributed by atoms with Crippen LogP contribution in [0.15, 0.2) is 47.4 Å². The minimum atomic E-state index is -0.625. The number of aryl methyl sites for hydroxylation is 1. The average molecular weight is 441 g/mol. The molecule has 1 aliphatic heterocycles. The summed E-state index contributed by atoms with van der Waals surface area (Å²) in [4.78, 5) is 48.7. The largest absolute Gasteiger partial charge is 0.494 e. The topological polar surface area (TPSA) is 119 Å². The summed E-state index contributed by atoms with van der Waals surface area (Å²) in [5.41, 5.74) is 1.33. The molecule has 1 fully saturated rings. The fourth-order valence-corrected chi connectivity index (χ4v) is 3.68. The Morgan fingerprint density at radius 3 is 2.58 bits per heavy atom. The Morgan fingerprint density at radius 2 is 1.94 bits per heavy atom. The monoisotopic (exact) mass is 441 g/mol. The number of nitro groups is 1. The number of nitrogens with one attached hydrogen (secondary N) is 1. The lowest BCUT2D eigenvalue weighted by atomic mass is 10.1. The highest BCUT2D eigenvalue weighted by atomic mass is 32.2. The van der Waals surface area contributed by atoms with Crippen molar-refractivity contribution in [3.05, 3.63) is 68.6 Å².